The maximum Gasteiger partial charge on any atom is 0.248 e. The van der Waals surface area contributed by atoms with Crippen LogP contribution in [0.4, 0.5) is 20.5 Å². The molecule has 0 spiro atoms. The van der Waals surface area contributed by atoms with E-state index in [0.29, 0.717) is 30.7 Å². The molecule has 9 nitrogen and oxygen atoms in total. The molecule has 0 aliphatic carbocycles. The lowest BCUT2D eigenvalue weighted by Gasteiger charge is -2.28. The van der Waals surface area contributed by atoms with Crippen molar-refractivity contribution in [2.24, 2.45) is 7.05 Å². The first kappa shape index (κ1) is 23.7. The van der Waals surface area contributed by atoms with Crippen molar-refractivity contribution in [1.29, 1.82) is 0 Å². The van der Waals surface area contributed by atoms with Crippen molar-refractivity contribution < 1.29 is 18.7 Å². The number of amides is 1. The van der Waals surface area contributed by atoms with Gasteiger partial charge in [-0.3, -0.25) is 9.48 Å². The molecule has 0 fully saturated rings. The molecule has 5 rings (SSSR count). The van der Waals surface area contributed by atoms with Crippen molar-refractivity contribution in [2.75, 3.05) is 18.5 Å². The molecular formula is C25H25F2N7O2. The Kier molecular flexibility index (Phi) is 6.09. The van der Waals surface area contributed by atoms with Crippen LogP contribution in [0.25, 0.3) is 22.2 Å². The quantitative estimate of drug-likeness (QED) is 0.438. The highest BCUT2D eigenvalue weighted by Crippen LogP contribution is 2.32. The molecule has 1 aromatic carbocycles. The van der Waals surface area contributed by atoms with Gasteiger partial charge in [0.25, 0.3) is 0 Å². The molecule has 0 saturated heterocycles. The van der Waals surface area contributed by atoms with Crippen molar-refractivity contribution in [3.63, 3.8) is 0 Å². The van der Waals surface area contributed by atoms with Gasteiger partial charge in [0.05, 0.1) is 6.20 Å². The Hall–Kier alpha value is -3.99. The van der Waals surface area contributed by atoms with E-state index in [1.54, 1.807) is 28.8 Å². The molecule has 1 aliphatic heterocycles. The maximum absolute atomic E-state index is 14.9. The molecule has 0 atom stereocenters. The van der Waals surface area contributed by atoms with Crippen molar-refractivity contribution in [3.05, 3.63) is 59.0 Å². The largest absolute Gasteiger partial charge is 0.387 e. The molecule has 1 aliphatic rings. The van der Waals surface area contributed by atoms with Gasteiger partial charge in [0.15, 0.2) is 11.6 Å². The minimum absolute atomic E-state index is 0.0389. The summed E-state index contributed by atoms with van der Waals surface area (Å²) < 4.78 is 31.4. The Bertz CT molecular complexity index is 1490. The molecule has 2 N–H and O–H groups in total. The lowest BCUT2D eigenvalue weighted by atomic mass is 10.0. The van der Waals surface area contributed by atoms with Crippen LogP contribution in [-0.4, -0.2) is 53.8 Å². The fourth-order valence-electron chi connectivity index (χ4n) is 4.64. The number of carbonyl (C=O) groups is 1. The summed E-state index contributed by atoms with van der Waals surface area (Å²) in [6.45, 7) is 4.29. The fraction of sp³-hybridized carbons (Fsp3) is 0.320. The van der Waals surface area contributed by atoms with E-state index in [0.717, 1.165) is 23.1 Å². The van der Waals surface area contributed by atoms with Crippen molar-refractivity contribution in [1.82, 2.24) is 29.6 Å². The topological polar surface area (TPSA) is 109 Å². The van der Waals surface area contributed by atoms with E-state index in [1.807, 2.05) is 19.9 Å². The molecule has 4 heterocycles. The highest BCUT2D eigenvalue weighted by molar-refractivity contribution is 5.87. The number of hydrogen-bond donors (Lipinski definition) is 2. The second-order valence-electron chi connectivity index (χ2n) is 9.06. The first-order chi connectivity index (χ1) is 17.2. The molecule has 11 heteroatoms. The number of aliphatic hydroxyl groups is 1. The van der Waals surface area contributed by atoms with Crippen LogP contribution >= 0.6 is 0 Å². The van der Waals surface area contributed by atoms with Gasteiger partial charge >= 0.3 is 0 Å². The van der Waals surface area contributed by atoms with E-state index >= 15 is 0 Å². The number of halogens is 2. The summed E-state index contributed by atoms with van der Waals surface area (Å²) >= 11 is 0. The fourth-order valence-corrected chi connectivity index (χ4v) is 4.64. The summed E-state index contributed by atoms with van der Waals surface area (Å²) in [6, 6.07) is 6.48. The van der Waals surface area contributed by atoms with Gasteiger partial charge in [-0.15, -0.1) is 0 Å². The van der Waals surface area contributed by atoms with E-state index < -0.39 is 18.2 Å². The number of fused-ring (bicyclic) bond motifs is 2. The number of pyridine rings is 1. The summed E-state index contributed by atoms with van der Waals surface area (Å²) in [7, 11) is 1.76. The molecule has 4 aromatic rings. The van der Waals surface area contributed by atoms with Crippen LogP contribution in [0.1, 0.15) is 36.7 Å². The molecule has 36 heavy (non-hydrogen) atoms. The SMILES string of the molecule is CC(C)c1c2cc(-c3nc(Nc4ccc5c(n4)CCN(C(=O)CO)C5)ncc3F)cc(F)c2nn1C. The summed E-state index contributed by atoms with van der Waals surface area (Å²) in [5.41, 5.74) is 3.02. The molecular weight excluding hydrogens is 468 g/mol. The van der Waals surface area contributed by atoms with Gasteiger partial charge in [0.1, 0.15) is 23.6 Å². The number of hydrogen-bond acceptors (Lipinski definition) is 7. The highest BCUT2D eigenvalue weighted by Gasteiger charge is 2.22. The first-order valence-corrected chi connectivity index (χ1v) is 11.6. The number of nitrogens with one attached hydrogen (secondary N) is 1. The monoisotopic (exact) mass is 493 g/mol. The van der Waals surface area contributed by atoms with E-state index in [2.05, 4.69) is 25.4 Å². The van der Waals surface area contributed by atoms with E-state index in [4.69, 9.17) is 5.11 Å². The minimum atomic E-state index is -0.679. The third-order valence-electron chi connectivity index (χ3n) is 6.28. The normalized spacial score (nSPS) is 13.4. The van der Waals surface area contributed by atoms with Crippen LogP contribution in [-0.2, 0) is 24.8 Å². The maximum atomic E-state index is 14.9. The van der Waals surface area contributed by atoms with E-state index in [-0.39, 0.29) is 34.5 Å². The Morgan fingerprint density at radius 1 is 1.19 bits per heavy atom. The number of aryl methyl sites for hydroxylation is 1. The predicted octanol–water partition coefficient (Wildman–Crippen LogP) is 3.45. The third kappa shape index (κ3) is 4.26. The van der Waals surface area contributed by atoms with Crippen LogP contribution in [0.3, 0.4) is 0 Å². The summed E-state index contributed by atoms with van der Waals surface area (Å²) in [5.74, 6) is -0.891. The Morgan fingerprint density at radius 3 is 2.75 bits per heavy atom. The lowest BCUT2D eigenvalue weighted by Crippen LogP contribution is -2.37. The van der Waals surface area contributed by atoms with Gasteiger partial charge in [0, 0.05) is 48.9 Å². The summed E-state index contributed by atoms with van der Waals surface area (Å²) in [6.07, 6.45) is 1.57. The van der Waals surface area contributed by atoms with Crippen molar-refractivity contribution >= 4 is 28.6 Å². The standard InChI is InChI=1S/C25H25F2N7O2/c1-13(2)24-16-8-15(9-17(26)23(16)32-33(24)3)22-18(27)10-28-25(31-22)30-20-5-4-14-11-34(21(36)12-35)7-6-19(14)29-20/h4-5,8-10,13,35H,6-7,11-12H2,1-3H3,(H,28,29,30,31). The van der Waals surface area contributed by atoms with Crippen LogP contribution in [0.2, 0.25) is 0 Å². The zero-order chi connectivity index (χ0) is 25.6. The van der Waals surface area contributed by atoms with Crippen LogP contribution in [0.5, 0.6) is 0 Å². The average Bonchev–Trinajstić information content (AvgIpc) is 3.21. The molecule has 186 valence electrons. The number of anilines is 2. The lowest BCUT2D eigenvalue weighted by molar-refractivity contribution is -0.135. The number of carbonyl (C=O) groups excluding carboxylic acids is 1. The number of nitrogens with zero attached hydrogens (tertiary/aromatic N) is 6. The molecule has 1 amide bonds. The Labute approximate surface area is 205 Å². The third-order valence-corrected chi connectivity index (χ3v) is 6.28. The van der Waals surface area contributed by atoms with Gasteiger partial charge in [-0.1, -0.05) is 19.9 Å². The molecule has 0 saturated carbocycles. The van der Waals surface area contributed by atoms with Gasteiger partial charge in [-0.25, -0.2) is 23.7 Å². The van der Waals surface area contributed by atoms with E-state index in [9.17, 15) is 13.6 Å². The van der Waals surface area contributed by atoms with Crippen molar-refractivity contribution in [2.45, 2.75) is 32.7 Å². The van der Waals surface area contributed by atoms with Crippen LogP contribution < -0.4 is 5.32 Å². The summed E-state index contributed by atoms with van der Waals surface area (Å²) in [4.78, 5) is 26.3. The number of rotatable bonds is 5. The second kappa shape index (κ2) is 9.23. The molecule has 0 radical (unpaired) electrons. The number of benzene rings is 1. The first-order valence-electron chi connectivity index (χ1n) is 11.6. The average molecular weight is 494 g/mol. The Morgan fingerprint density at radius 2 is 2.00 bits per heavy atom. The molecule has 3 aromatic heterocycles. The van der Waals surface area contributed by atoms with Gasteiger partial charge in [-0.2, -0.15) is 5.10 Å². The van der Waals surface area contributed by atoms with Crippen LogP contribution in [0, 0.1) is 11.6 Å². The zero-order valence-corrected chi connectivity index (χ0v) is 20.1. The number of aromatic nitrogens is 5. The minimum Gasteiger partial charge on any atom is -0.387 e. The summed E-state index contributed by atoms with van der Waals surface area (Å²) in [5, 5.41) is 17.0. The number of aliphatic hydroxyl groups excluding tert-OH is 1. The van der Waals surface area contributed by atoms with Gasteiger partial charge in [0.2, 0.25) is 11.9 Å². The molecule has 0 unspecified atom stereocenters. The van der Waals surface area contributed by atoms with Gasteiger partial charge in [-0.05, 0) is 29.7 Å². The molecule has 0 bridgehead atoms. The highest BCUT2D eigenvalue weighted by atomic mass is 19.1. The smallest absolute Gasteiger partial charge is 0.248 e. The van der Waals surface area contributed by atoms with Crippen LogP contribution in [0.15, 0.2) is 30.5 Å². The van der Waals surface area contributed by atoms with Crippen molar-refractivity contribution in [3.8, 4) is 11.3 Å². The van der Waals surface area contributed by atoms with Gasteiger partial charge < -0.3 is 15.3 Å². The predicted molar refractivity (Wildman–Crippen MR) is 129 cm³/mol. The second-order valence-corrected chi connectivity index (χ2v) is 9.06. The van der Waals surface area contributed by atoms with E-state index in [1.165, 1.54) is 6.07 Å². The Balaban J connectivity index is 1.46. The zero-order valence-electron chi connectivity index (χ0n) is 20.1.